The van der Waals surface area contributed by atoms with Crippen molar-refractivity contribution >= 4 is 17.7 Å². The maximum absolute atomic E-state index is 12.7. The molecule has 0 N–H and O–H groups in total. The molecule has 24 heavy (non-hydrogen) atoms. The van der Waals surface area contributed by atoms with E-state index in [2.05, 4.69) is 13.5 Å². The van der Waals surface area contributed by atoms with Gasteiger partial charge in [0.15, 0.2) is 0 Å². The molecule has 3 fully saturated rings. The Balaban J connectivity index is 2.13. The van der Waals surface area contributed by atoms with E-state index in [0.717, 1.165) is 5.57 Å². The number of Topliss-reactive ketones (excluding diaryl/α,β-unsaturated/α-hetero) is 1. The van der Waals surface area contributed by atoms with Crippen molar-refractivity contribution in [3.05, 3.63) is 12.2 Å². The highest BCUT2D eigenvalue weighted by molar-refractivity contribution is 5.87. The summed E-state index contributed by atoms with van der Waals surface area (Å²) in [5, 5.41) is 0. The average molecular weight is 334 g/mol. The van der Waals surface area contributed by atoms with Gasteiger partial charge in [0.25, 0.3) is 0 Å². The van der Waals surface area contributed by atoms with E-state index in [0.29, 0.717) is 6.42 Å². The normalized spacial score (nSPS) is 42.6. The summed E-state index contributed by atoms with van der Waals surface area (Å²) in [7, 11) is 0. The molecule has 0 radical (unpaired) electrons. The fraction of sp³-hybridized carbons (Fsp3) is 0.737. The van der Waals surface area contributed by atoms with Crippen molar-refractivity contribution in [1.29, 1.82) is 0 Å². The van der Waals surface area contributed by atoms with Crippen LogP contribution in [-0.2, 0) is 23.9 Å². The highest BCUT2D eigenvalue weighted by Gasteiger charge is 2.69. The molecule has 4 bridgehead atoms. The summed E-state index contributed by atoms with van der Waals surface area (Å²) < 4.78 is 11.3. The Labute approximate surface area is 142 Å². The zero-order valence-electron chi connectivity index (χ0n) is 15.0. The van der Waals surface area contributed by atoms with Crippen molar-refractivity contribution in [3.8, 4) is 0 Å². The maximum atomic E-state index is 12.7. The van der Waals surface area contributed by atoms with Crippen LogP contribution in [0.2, 0.25) is 0 Å². The third kappa shape index (κ3) is 2.24. The van der Waals surface area contributed by atoms with Crippen LogP contribution < -0.4 is 0 Å². The van der Waals surface area contributed by atoms with Crippen LogP contribution in [0.1, 0.15) is 41.0 Å². The van der Waals surface area contributed by atoms with Crippen molar-refractivity contribution in [3.63, 3.8) is 0 Å². The van der Waals surface area contributed by atoms with Crippen molar-refractivity contribution in [2.45, 2.75) is 53.2 Å². The van der Waals surface area contributed by atoms with Crippen LogP contribution in [0.5, 0.6) is 0 Å². The van der Waals surface area contributed by atoms with E-state index in [1.807, 2.05) is 13.8 Å². The number of esters is 2. The highest BCUT2D eigenvalue weighted by atomic mass is 16.6. The van der Waals surface area contributed by atoms with Crippen LogP contribution in [0.15, 0.2) is 12.2 Å². The maximum Gasteiger partial charge on any atom is 0.303 e. The summed E-state index contributed by atoms with van der Waals surface area (Å²) in [5.74, 6) is -0.421. The summed E-state index contributed by atoms with van der Waals surface area (Å²) in [4.78, 5) is 36.1. The molecule has 0 amide bonds. The van der Waals surface area contributed by atoms with Crippen LogP contribution in [0.3, 0.4) is 0 Å². The van der Waals surface area contributed by atoms with Gasteiger partial charge in [-0.1, -0.05) is 32.9 Å². The minimum absolute atomic E-state index is 0.0717. The highest BCUT2D eigenvalue weighted by Crippen LogP contribution is 2.66. The van der Waals surface area contributed by atoms with Gasteiger partial charge in [0.2, 0.25) is 0 Å². The molecular formula is C19H26O5. The molecule has 0 saturated heterocycles. The second-order valence-corrected chi connectivity index (χ2v) is 8.25. The Morgan fingerprint density at radius 1 is 1.17 bits per heavy atom. The molecule has 0 aromatic rings. The summed E-state index contributed by atoms with van der Waals surface area (Å²) >= 11 is 0. The predicted molar refractivity (Wildman–Crippen MR) is 86.8 cm³/mol. The summed E-state index contributed by atoms with van der Waals surface area (Å²) in [6, 6.07) is 0. The van der Waals surface area contributed by atoms with Crippen molar-refractivity contribution in [1.82, 2.24) is 0 Å². The van der Waals surface area contributed by atoms with Crippen LogP contribution in [0.4, 0.5) is 0 Å². The molecule has 5 nitrogen and oxygen atoms in total. The molecular weight excluding hydrogens is 308 g/mol. The van der Waals surface area contributed by atoms with Gasteiger partial charge in [-0.05, 0) is 17.8 Å². The number of ketones is 1. The van der Waals surface area contributed by atoms with Gasteiger partial charge in [0.1, 0.15) is 18.0 Å². The van der Waals surface area contributed by atoms with E-state index < -0.39 is 29.6 Å². The molecule has 3 aliphatic carbocycles. The minimum atomic E-state index is -0.575. The Morgan fingerprint density at radius 3 is 2.29 bits per heavy atom. The summed E-state index contributed by atoms with van der Waals surface area (Å²) in [5.41, 5.74) is 0.384. The van der Waals surface area contributed by atoms with Gasteiger partial charge in [0, 0.05) is 37.5 Å². The molecule has 7 atom stereocenters. The number of hydrogen-bond donors (Lipinski definition) is 0. The molecule has 0 aromatic carbocycles. The number of carbonyl (C=O) groups excluding carboxylic acids is 3. The third-order valence-electron chi connectivity index (χ3n) is 6.38. The van der Waals surface area contributed by atoms with Crippen LogP contribution in [-0.4, -0.2) is 29.9 Å². The number of carbonyl (C=O) groups is 3. The van der Waals surface area contributed by atoms with Crippen LogP contribution in [0, 0.1) is 35.0 Å². The zero-order valence-corrected chi connectivity index (χ0v) is 15.0. The van der Waals surface area contributed by atoms with E-state index in [1.165, 1.54) is 13.8 Å². The molecule has 3 rings (SSSR count). The number of hydrogen-bond acceptors (Lipinski definition) is 5. The quantitative estimate of drug-likeness (QED) is 0.573. The van der Waals surface area contributed by atoms with E-state index in [1.54, 1.807) is 0 Å². The molecule has 3 saturated carbocycles. The lowest BCUT2D eigenvalue weighted by atomic mass is 9.54. The molecule has 0 spiro atoms. The third-order valence-corrected chi connectivity index (χ3v) is 6.38. The number of ether oxygens (including phenoxy) is 2. The van der Waals surface area contributed by atoms with Gasteiger partial charge in [-0.15, -0.1) is 0 Å². The van der Waals surface area contributed by atoms with Crippen molar-refractivity contribution in [2.24, 2.45) is 35.0 Å². The first-order valence-corrected chi connectivity index (χ1v) is 8.63. The Hall–Kier alpha value is -1.65. The molecule has 0 aromatic heterocycles. The lowest BCUT2D eigenvalue weighted by Gasteiger charge is -2.53. The standard InChI is InChI=1S/C19H26O5/c1-8-7-12(22)14-9(2)15-13(8)16(14)19(5,6)18(24-11(4)21)17(15)23-10(3)20/h8,13-18H,2,7H2,1,3-6H3/t8-,13-,14-,15+,16+,17+,18-/m1/s1. The first kappa shape index (κ1) is 17.2. The second kappa shape index (κ2) is 5.43. The fourth-order valence-electron chi connectivity index (χ4n) is 5.71. The summed E-state index contributed by atoms with van der Waals surface area (Å²) in [6.07, 6.45) is -0.596. The van der Waals surface area contributed by atoms with E-state index >= 15 is 0 Å². The van der Waals surface area contributed by atoms with Crippen molar-refractivity contribution < 1.29 is 23.9 Å². The fourth-order valence-corrected chi connectivity index (χ4v) is 5.71. The molecule has 5 heteroatoms. The Kier molecular flexibility index (Phi) is 3.89. The van der Waals surface area contributed by atoms with Gasteiger partial charge in [-0.25, -0.2) is 0 Å². The van der Waals surface area contributed by atoms with Gasteiger partial charge in [-0.2, -0.15) is 0 Å². The molecule has 132 valence electrons. The largest absolute Gasteiger partial charge is 0.458 e. The molecule has 3 aliphatic rings. The molecule has 0 unspecified atom stereocenters. The van der Waals surface area contributed by atoms with Gasteiger partial charge in [-0.3, -0.25) is 14.4 Å². The first-order chi connectivity index (χ1) is 11.1. The molecule has 0 aliphatic heterocycles. The smallest absolute Gasteiger partial charge is 0.303 e. The lowest BCUT2D eigenvalue weighted by molar-refractivity contribution is -0.204. The lowest BCUT2D eigenvalue weighted by Crippen LogP contribution is -2.59. The number of rotatable bonds is 2. The van der Waals surface area contributed by atoms with Crippen LogP contribution in [0.25, 0.3) is 0 Å². The van der Waals surface area contributed by atoms with Gasteiger partial charge < -0.3 is 9.47 Å². The Morgan fingerprint density at radius 2 is 1.75 bits per heavy atom. The molecule has 0 heterocycles. The zero-order chi connectivity index (χ0) is 18.0. The predicted octanol–water partition coefficient (Wildman–Crippen LogP) is 2.53. The second-order valence-electron chi connectivity index (χ2n) is 8.25. The first-order valence-electron chi connectivity index (χ1n) is 8.63. The van der Waals surface area contributed by atoms with Crippen molar-refractivity contribution in [2.75, 3.05) is 0 Å². The minimum Gasteiger partial charge on any atom is -0.458 e. The average Bonchev–Trinajstić information content (AvgIpc) is 2.67. The van der Waals surface area contributed by atoms with Crippen LogP contribution >= 0.6 is 0 Å². The SMILES string of the molecule is C=C1[C@@H]2C(=O)C[C@@H](C)[C@@H]3[C@H]1[C@H](OC(C)=O)[C@@H](OC(C)=O)C(C)(C)[C@H]23. The van der Waals surface area contributed by atoms with E-state index in [9.17, 15) is 14.4 Å². The van der Waals surface area contributed by atoms with Gasteiger partial charge in [0.05, 0.1) is 0 Å². The van der Waals surface area contributed by atoms with Gasteiger partial charge >= 0.3 is 11.9 Å². The van der Waals surface area contributed by atoms with E-state index in [-0.39, 0.29) is 35.4 Å². The summed E-state index contributed by atoms with van der Waals surface area (Å²) in [6.45, 7) is 13.1. The monoisotopic (exact) mass is 334 g/mol. The Bertz CT molecular complexity index is 619. The van der Waals surface area contributed by atoms with E-state index in [4.69, 9.17) is 9.47 Å². The topological polar surface area (TPSA) is 69.7 Å².